The van der Waals surface area contributed by atoms with Gasteiger partial charge in [0.05, 0.1) is 5.39 Å². The van der Waals surface area contributed by atoms with Gasteiger partial charge in [0.15, 0.2) is 11.4 Å². The van der Waals surface area contributed by atoms with Crippen LogP contribution in [0.5, 0.6) is 5.75 Å². The normalized spacial score (nSPS) is 13.4. The summed E-state index contributed by atoms with van der Waals surface area (Å²) in [4.78, 5) is 11.8. The van der Waals surface area contributed by atoms with Crippen LogP contribution in [0.3, 0.4) is 0 Å². The highest BCUT2D eigenvalue weighted by Gasteiger charge is 2.22. The Morgan fingerprint density at radius 1 is 1.23 bits per heavy atom. The van der Waals surface area contributed by atoms with E-state index in [1.54, 1.807) is 22.2 Å². The second-order valence-corrected chi connectivity index (χ2v) is 8.97. The first-order valence-electron chi connectivity index (χ1n) is 9.79. The molecule has 0 spiro atoms. The zero-order valence-corrected chi connectivity index (χ0v) is 17.8. The van der Waals surface area contributed by atoms with Crippen LogP contribution in [0.15, 0.2) is 41.1 Å². The second kappa shape index (κ2) is 6.82. The highest BCUT2D eigenvalue weighted by molar-refractivity contribution is 7.19. The lowest BCUT2D eigenvalue weighted by molar-refractivity contribution is 0.270. The number of hydrogen-bond donors (Lipinski definition) is 0. The van der Waals surface area contributed by atoms with E-state index in [1.165, 1.54) is 16.9 Å². The molecule has 0 fully saturated rings. The van der Waals surface area contributed by atoms with Crippen molar-refractivity contribution in [3.63, 3.8) is 0 Å². The lowest BCUT2D eigenvalue weighted by Crippen LogP contribution is -1.95. The minimum absolute atomic E-state index is 0.319. The number of thiophene rings is 1. The number of halogens is 1. The van der Waals surface area contributed by atoms with Crippen LogP contribution in [0.4, 0.5) is 0 Å². The largest absolute Gasteiger partial charge is 0.485 e. The molecule has 30 heavy (non-hydrogen) atoms. The molecule has 6 nitrogen and oxygen atoms in total. The van der Waals surface area contributed by atoms with Crippen LogP contribution in [-0.4, -0.2) is 19.6 Å². The van der Waals surface area contributed by atoms with E-state index < -0.39 is 0 Å². The molecule has 6 rings (SSSR count). The fourth-order valence-corrected chi connectivity index (χ4v) is 5.45. The van der Waals surface area contributed by atoms with Crippen molar-refractivity contribution in [1.29, 1.82) is 0 Å². The summed E-state index contributed by atoms with van der Waals surface area (Å²) in [7, 11) is 0. The Bertz CT molecular complexity index is 1420. The Hall–Kier alpha value is -2.90. The molecule has 8 heteroatoms. The van der Waals surface area contributed by atoms with Crippen molar-refractivity contribution in [2.45, 2.75) is 32.8 Å². The summed E-state index contributed by atoms with van der Waals surface area (Å²) in [5, 5.41) is 6.43. The second-order valence-electron chi connectivity index (χ2n) is 7.45. The van der Waals surface area contributed by atoms with Gasteiger partial charge in [0.1, 0.15) is 29.3 Å². The quantitative estimate of drug-likeness (QED) is 0.365. The third-order valence-corrected chi connectivity index (χ3v) is 6.87. The van der Waals surface area contributed by atoms with E-state index >= 15 is 0 Å². The molecule has 0 unspecified atom stereocenters. The molecule has 0 amide bonds. The number of nitrogens with zero attached hydrogens (tertiary/aromatic N) is 4. The molecule has 4 heterocycles. The monoisotopic (exact) mass is 436 g/mol. The molecule has 4 aromatic heterocycles. The first kappa shape index (κ1) is 17.9. The molecule has 1 aromatic carbocycles. The summed E-state index contributed by atoms with van der Waals surface area (Å²) in [6.45, 7) is 2.28. The van der Waals surface area contributed by atoms with Crippen LogP contribution in [0.2, 0.25) is 5.02 Å². The van der Waals surface area contributed by atoms with Gasteiger partial charge in [-0.1, -0.05) is 11.6 Å². The minimum Gasteiger partial charge on any atom is -0.485 e. The van der Waals surface area contributed by atoms with Crippen LogP contribution in [-0.2, 0) is 19.4 Å². The number of benzene rings is 1. The zero-order chi connectivity index (χ0) is 20.2. The van der Waals surface area contributed by atoms with Crippen molar-refractivity contribution in [3.8, 4) is 17.3 Å². The molecule has 0 saturated carbocycles. The van der Waals surface area contributed by atoms with Gasteiger partial charge in [0.25, 0.3) is 0 Å². The predicted octanol–water partition coefficient (Wildman–Crippen LogP) is 5.63. The molecule has 0 saturated heterocycles. The molecule has 0 atom stereocenters. The van der Waals surface area contributed by atoms with E-state index in [-0.39, 0.29) is 0 Å². The molecule has 5 aromatic rings. The number of ether oxygens (including phenoxy) is 1. The van der Waals surface area contributed by atoms with Crippen LogP contribution in [0.25, 0.3) is 27.4 Å². The summed E-state index contributed by atoms with van der Waals surface area (Å²) < 4.78 is 13.6. The fourth-order valence-electron chi connectivity index (χ4n) is 4.00. The number of fused-ring (bicyclic) bond motifs is 5. The van der Waals surface area contributed by atoms with Gasteiger partial charge in [-0.15, -0.1) is 16.4 Å². The number of furan rings is 1. The van der Waals surface area contributed by atoms with Gasteiger partial charge in [0, 0.05) is 9.90 Å². The SMILES string of the molecule is Cc1cc(Cl)ccc1OCc1ccc(-c2nc3c4c5c(sc4ncn3n2)CCC5)o1. The van der Waals surface area contributed by atoms with Gasteiger partial charge in [-0.3, -0.25) is 0 Å². The van der Waals surface area contributed by atoms with Gasteiger partial charge in [-0.05, 0) is 67.6 Å². The Labute approximate surface area is 181 Å². The maximum absolute atomic E-state index is 6.01. The van der Waals surface area contributed by atoms with Crippen molar-refractivity contribution in [2.24, 2.45) is 0 Å². The number of aryl methyl sites for hydroxylation is 3. The van der Waals surface area contributed by atoms with E-state index in [1.807, 2.05) is 37.3 Å². The average Bonchev–Trinajstić information content (AvgIpc) is 3.48. The van der Waals surface area contributed by atoms with Gasteiger partial charge in [-0.25, -0.2) is 14.5 Å². The predicted molar refractivity (Wildman–Crippen MR) is 116 cm³/mol. The molecule has 1 aliphatic carbocycles. The summed E-state index contributed by atoms with van der Waals surface area (Å²) in [6.07, 6.45) is 5.16. The van der Waals surface area contributed by atoms with Gasteiger partial charge >= 0.3 is 0 Å². The Morgan fingerprint density at radius 2 is 2.17 bits per heavy atom. The third kappa shape index (κ3) is 2.88. The molecule has 150 valence electrons. The summed E-state index contributed by atoms with van der Waals surface area (Å²) in [5.74, 6) is 2.65. The third-order valence-electron chi connectivity index (χ3n) is 5.43. The number of aromatic nitrogens is 4. The molecule has 0 radical (unpaired) electrons. The summed E-state index contributed by atoms with van der Waals surface area (Å²) in [6, 6.07) is 9.32. The number of rotatable bonds is 4. The van der Waals surface area contributed by atoms with Gasteiger partial charge in [-0.2, -0.15) is 0 Å². The lowest BCUT2D eigenvalue weighted by Gasteiger charge is -2.07. The van der Waals surface area contributed by atoms with Gasteiger partial charge in [0.2, 0.25) is 5.82 Å². The van der Waals surface area contributed by atoms with Crippen LogP contribution in [0.1, 0.15) is 28.2 Å². The molecule has 0 N–H and O–H groups in total. The molecule has 1 aliphatic rings. The Kier molecular flexibility index (Phi) is 4.07. The van der Waals surface area contributed by atoms with Crippen molar-refractivity contribution >= 4 is 38.8 Å². The van der Waals surface area contributed by atoms with Crippen molar-refractivity contribution < 1.29 is 9.15 Å². The zero-order valence-electron chi connectivity index (χ0n) is 16.2. The first-order valence-corrected chi connectivity index (χ1v) is 11.0. The van der Waals surface area contributed by atoms with Crippen molar-refractivity contribution in [2.75, 3.05) is 0 Å². The van der Waals surface area contributed by atoms with E-state index in [0.717, 1.165) is 40.0 Å². The molecule has 0 bridgehead atoms. The molecule has 0 aliphatic heterocycles. The Morgan fingerprint density at radius 3 is 3.07 bits per heavy atom. The van der Waals surface area contributed by atoms with Crippen LogP contribution >= 0.6 is 22.9 Å². The van der Waals surface area contributed by atoms with E-state index in [4.69, 9.17) is 25.7 Å². The van der Waals surface area contributed by atoms with Crippen LogP contribution < -0.4 is 4.74 Å². The topological polar surface area (TPSA) is 65.5 Å². The lowest BCUT2D eigenvalue weighted by atomic mass is 10.2. The fraction of sp³-hybridized carbons (Fsp3) is 0.227. The van der Waals surface area contributed by atoms with E-state index in [2.05, 4.69) is 10.1 Å². The van der Waals surface area contributed by atoms with E-state index in [9.17, 15) is 0 Å². The number of hydrogen-bond acceptors (Lipinski definition) is 6. The smallest absolute Gasteiger partial charge is 0.217 e. The maximum atomic E-state index is 6.01. The molecular formula is C22H17ClN4O2S. The highest BCUT2D eigenvalue weighted by Crippen LogP contribution is 2.38. The first-order chi connectivity index (χ1) is 14.7. The average molecular weight is 437 g/mol. The van der Waals surface area contributed by atoms with Crippen molar-refractivity contribution in [1.82, 2.24) is 19.6 Å². The summed E-state index contributed by atoms with van der Waals surface area (Å²) in [5.41, 5.74) is 3.22. The summed E-state index contributed by atoms with van der Waals surface area (Å²) >= 11 is 7.78. The van der Waals surface area contributed by atoms with Gasteiger partial charge < -0.3 is 9.15 Å². The molecular weight excluding hydrogens is 420 g/mol. The van der Waals surface area contributed by atoms with E-state index in [0.29, 0.717) is 29.0 Å². The Balaban J connectivity index is 1.31. The maximum Gasteiger partial charge on any atom is 0.217 e. The highest BCUT2D eigenvalue weighted by atomic mass is 35.5. The van der Waals surface area contributed by atoms with Crippen molar-refractivity contribution in [3.05, 3.63) is 63.4 Å². The standard InChI is InChI=1S/C22H17ClN4O2S/c1-12-9-13(23)5-7-16(12)28-10-14-6-8-17(29-14)20-25-21-19-15-3-2-4-18(15)30-22(19)24-11-27(21)26-20/h5-9,11H,2-4,10H2,1H3. The van der Waals surface area contributed by atoms with Crippen LogP contribution in [0, 0.1) is 6.92 Å². The minimum atomic E-state index is 0.319.